The van der Waals surface area contributed by atoms with Gasteiger partial charge in [-0.05, 0) is 42.7 Å². The van der Waals surface area contributed by atoms with Gasteiger partial charge in [-0.3, -0.25) is 9.59 Å². The smallest absolute Gasteiger partial charge is 0.330 e. The number of rotatable bonds is 3. The molecule has 4 nitrogen and oxygen atoms in total. The minimum atomic E-state index is -0.935. The summed E-state index contributed by atoms with van der Waals surface area (Å²) in [4.78, 5) is 31.7. The predicted octanol–water partition coefficient (Wildman–Crippen LogP) is 3.49. The van der Waals surface area contributed by atoms with Gasteiger partial charge in [0.2, 0.25) is 0 Å². The van der Waals surface area contributed by atoms with Gasteiger partial charge in [0, 0.05) is 18.4 Å². The van der Waals surface area contributed by atoms with E-state index in [-0.39, 0.29) is 17.1 Å². The standard InChI is InChI=1S/C15H14O2.C4H6O2/c1-11(13-4-8-15(17)9-5-13)10-12-2-6-14(16)7-3-12;1-3(2)4(5)6/h2-6,8,10H,7,9H2,1H3;1H2,2H3,(H,5,6). The van der Waals surface area contributed by atoms with Gasteiger partial charge in [-0.2, -0.15) is 0 Å². The molecule has 0 atom stereocenters. The van der Waals surface area contributed by atoms with Crippen LogP contribution in [0, 0.1) is 0 Å². The van der Waals surface area contributed by atoms with Crippen molar-refractivity contribution in [2.45, 2.75) is 26.7 Å². The number of carboxylic acid groups (broad SMARTS) is 1. The van der Waals surface area contributed by atoms with Crippen molar-refractivity contribution in [2.75, 3.05) is 0 Å². The number of hydrogen-bond donors (Lipinski definition) is 1. The molecule has 0 aromatic heterocycles. The topological polar surface area (TPSA) is 71.4 Å². The minimum absolute atomic E-state index is 0.141. The van der Waals surface area contributed by atoms with E-state index in [1.54, 1.807) is 12.2 Å². The normalized spacial score (nSPS) is 17.0. The third-order valence-corrected chi connectivity index (χ3v) is 3.18. The number of carboxylic acids is 1. The van der Waals surface area contributed by atoms with E-state index in [4.69, 9.17) is 5.11 Å². The maximum Gasteiger partial charge on any atom is 0.330 e. The first-order chi connectivity index (χ1) is 10.8. The van der Waals surface area contributed by atoms with Crippen LogP contribution in [-0.4, -0.2) is 22.6 Å². The Labute approximate surface area is 135 Å². The van der Waals surface area contributed by atoms with Gasteiger partial charge in [0.25, 0.3) is 0 Å². The highest BCUT2D eigenvalue weighted by Crippen LogP contribution is 2.19. The molecule has 0 heterocycles. The molecule has 1 N–H and O–H groups in total. The first-order valence-electron chi connectivity index (χ1n) is 7.19. The third kappa shape index (κ3) is 6.70. The van der Waals surface area contributed by atoms with Crippen molar-refractivity contribution in [3.63, 3.8) is 0 Å². The summed E-state index contributed by atoms with van der Waals surface area (Å²) >= 11 is 0. The second-order valence-electron chi connectivity index (χ2n) is 5.28. The molecular formula is C19H20O4. The Bertz CT molecular complexity index is 670. The first-order valence-corrected chi connectivity index (χ1v) is 7.19. The van der Waals surface area contributed by atoms with E-state index in [1.165, 1.54) is 6.92 Å². The Balaban J connectivity index is 0.000000379. The van der Waals surface area contributed by atoms with Crippen LogP contribution >= 0.6 is 0 Å². The number of hydrogen-bond acceptors (Lipinski definition) is 3. The van der Waals surface area contributed by atoms with E-state index >= 15 is 0 Å². The maximum atomic E-state index is 11.0. The van der Waals surface area contributed by atoms with Crippen molar-refractivity contribution in [2.24, 2.45) is 0 Å². The average molecular weight is 312 g/mol. The molecule has 0 saturated heterocycles. The monoisotopic (exact) mass is 312 g/mol. The predicted molar refractivity (Wildman–Crippen MR) is 89.9 cm³/mol. The number of allylic oxidation sites excluding steroid dienone is 10. The van der Waals surface area contributed by atoms with Crippen LogP contribution in [-0.2, 0) is 14.4 Å². The highest BCUT2D eigenvalue weighted by Gasteiger charge is 2.06. The molecule has 0 aromatic rings. The van der Waals surface area contributed by atoms with Crippen molar-refractivity contribution in [1.82, 2.24) is 0 Å². The molecule has 120 valence electrons. The van der Waals surface area contributed by atoms with Crippen LogP contribution in [0.5, 0.6) is 0 Å². The summed E-state index contributed by atoms with van der Waals surface area (Å²) in [6.07, 6.45) is 13.7. The van der Waals surface area contributed by atoms with Gasteiger partial charge < -0.3 is 5.11 Å². The molecule has 0 fully saturated rings. The fraction of sp³-hybridized carbons (Fsp3) is 0.211. The number of carbonyl (C=O) groups excluding carboxylic acids is 2. The SMILES string of the molecule is C=C(C)C(=O)O.CC(=CC1=CCC(=O)C=C1)C1=CCC(=O)C=C1. The summed E-state index contributed by atoms with van der Waals surface area (Å²) < 4.78 is 0. The fourth-order valence-corrected chi connectivity index (χ4v) is 1.81. The van der Waals surface area contributed by atoms with Crippen molar-refractivity contribution in [1.29, 1.82) is 0 Å². The molecule has 0 bridgehead atoms. The van der Waals surface area contributed by atoms with E-state index in [0.717, 1.165) is 16.7 Å². The second-order valence-corrected chi connectivity index (χ2v) is 5.28. The summed E-state index contributed by atoms with van der Waals surface area (Å²) in [6, 6.07) is 0. The first kappa shape index (κ1) is 18.3. The molecule has 0 radical (unpaired) electrons. The highest BCUT2D eigenvalue weighted by molar-refractivity contribution is 5.93. The van der Waals surface area contributed by atoms with E-state index in [0.29, 0.717) is 12.8 Å². The van der Waals surface area contributed by atoms with Gasteiger partial charge in [0.15, 0.2) is 11.6 Å². The van der Waals surface area contributed by atoms with Crippen molar-refractivity contribution in [3.05, 3.63) is 71.4 Å². The van der Waals surface area contributed by atoms with Crippen LogP contribution in [0.2, 0.25) is 0 Å². The van der Waals surface area contributed by atoms with Crippen LogP contribution in [0.3, 0.4) is 0 Å². The van der Waals surface area contributed by atoms with E-state index in [2.05, 4.69) is 6.58 Å². The number of carbonyl (C=O) groups is 3. The average Bonchev–Trinajstić information content (AvgIpc) is 2.50. The summed E-state index contributed by atoms with van der Waals surface area (Å²) in [5, 5.41) is 7.89. The lowest BCUT2D eigenvalue weighted by molar-refractivity contribution is -0.132. The summed E-state index contributed by atoms with van der Waals surface area (Å²) in [7, 11) is 0. The van der Waals surface area contributed by atoms with Gasteiger partial charge in [-0.15, -0.1) is 0 Å². The van der Waals surface area contributed by atoms with Crippen molar-refractivity contribution >= 4 is 17.5 Å². The molecule has 0 unspecified atom stereocenters. The molecule has 0 spiro atoms. The van der Waals surface area contributed by atoms with Gasteiger partial charge in [-0.25, -0.2) is 4.79 Å². The molecule has 0 aromatic carbocycles. The second kappa shape index (κ2) is 8.63. The quantitative estimate of drug-likeness (QED) is 0.810. The highest BCUT2D eigenvalue weighted by atomic mass is 16.4. The van der Waals surface area contributed by atoms with Crippen LogP contribution in [0.1, 0.15) is 26.7 Å². The molecule has 2 rings (SSSR count). The molecule has 0 aliphatic heterocycles. The molecular weight excluding hydrogens is 292 g/mol. The zero-order valence-electron chi connectivity index (χ0n) is 13.3. The largest absolute Gasteiger partial charge is 0.478 e. The molecule has 0 saturated carbocycles. The summed E-state index contributed by atoms with van der Waals surface area (Å²) in [5.41, 5.74) is 3.41. The van der Waals surface area contributed by atoms with Crippen LogP contribution < -0.4 is 0 Å². The maximum absolute atomic E-state index is 11.0. The third-order valence-electron chi connectivity index (χ3n) is 3.18. The zero-order chi connectivity index (χ0) is 17.4. The lowest BCUT2D eigenvalue weighted by Gasteiger charge is -2.08. The van der Waals surface area contributed by atoms with Gasteiger partial charge in [0.05, 0.1) is 0 Å². The van der Waals surface area contributed by atoms with Gasteiger partial charge >= 0.3 is 5.97 Å². The van der Waals surface area contributed by atoms with Crippen molar-refractivity contribution < 1.29 is 19.5 Å². The van der Waals surface area contributed by atoms with Crippen molar-refractivity contribution in [3.8, 4) is 0 Å². The summed E-state index contributed by atoms with van der Waals surface area (Å²) in [5.74, 6) is -0.652. The van der Waals surface area contributed by atoms with Crippen LogP contribution in [0.25, 0.3) is 0 Å². The molecule has 2 aliphatic carbocycles. The van der Waals surface area contributed by atoms with E-state index < -0.39 is 5.97 Å². The Morgan fingerprint density at radius 3 is 1.96 bits per heavy atom. The lowest BCUT2D eigenvalue weighted by Crippen LogP contribution is -1.98. The van der Waals surface area contributed by atoms with Crippen LogP contribution in [0.4, 0.5) is 0 Å². The molecule has 4 heteroatoms. The Morgan fingerprint density at radius 2 is 1.57 bits per heavy atom. The molecule has 23 heavy (non-hydrogen) atoms. The Hall–Kier alpha value is -2.75. The fourth-order valence-electron chi connectivity index (χ4n) is 1.81. The van der Waals surface area contributed by atoms with E-state index in [9.17, 15) is 14.4 Å². The Kier molecular flexibility index (Phi) is 6.87. The summed E-state index contributed by atoms with van der Waals surface area (Å²) in [6.45, 7) is 6.61. The molecule has 0 amide bonds. The number of aliphatic carboxylic acids is 1. The lowest BCUT2D eigenvalue weighted by atomic mass is 9.97. The Morgan fingerprint density at radius 1 is 1.04 bits per heavy atom. The number of ketones is 2. The van der Waals surface area contributed by atoms with Gasteiger partial charge in [-0.1, -0.05) is 37.0 Å². The van der Waals surface area contributed by atoms with Gasteiger partial charge in [0.1, 0.15) is 0 Å². The zero-order valence-corrected chi connectivity index (χ0v) is 13.3. The van der Waals surface area contributed by atoms with Crippen LogP contribution in [0.15, 0.2) is 71.4 Å². The molecule has 2 aliphatic rings. The minimum Gasteiger partial charge on any atom is -0.478 e. The van der Waals surface area contributed by atoms with E-state index in [1.807, 2.05) is 37.3 Å².